The van der Waals surface area contributed by atoms with Gasteiger partial charge in [0.15, 0.2) is 5.96 Å². The number of nitrogens with zero attached hydrogens (tertiary/aromatic N) is 2. The second kappa shape index (κ2) is 29.1. The van der Waals surface area contributed by atoms with Crippen molar-refractivity contribution in [2.75, 3.05) is 18.1 Å². The summed E-state index contributed by atoms with van der Waals surface area (Å²) in [5, 5.41) is 32.0. The molecule has 2 aromatic heterocycles. The number of guanidine groups is 1. The van der Waals surface area contributed by atoms with Gasteiger partial charge in [-0.15, -0.1) is 0 Å². The van der Waals surface area contributed by atoms with Gasteiger partial charge in [0.1, 0.15) is 42.3 Å². The summed E-state index contributed by atoms with van der Waals surface area (Å²) in [6.07, 6.45) is 2.82. The van der Waals surface area contributed by atoms with E-state index in [9.17, 15) is 43.5 Å². The molecular formula is C55H67N15O9S2. The molecule has 0 aliphatic carbocycles. The monoisotopic (exact) mass is 1150 g/mol. The average Bonchev–Trinajstić information content (AvgIpc) is 4.18. The minimum Gasteiger partial charge on any atom is -0.391 e. The first-order valence-electron chi connectivity index (χ1n) is 26.1. The maximum Gasteiger partial charge on any atom is 0.244 e. The second-order valence-corrected chi connectivity index (χ2v) is 22.1. The van der Waals surface area contributed by atoms with E-state index in [1.165, 1.54) is 19.4 Å². The number of aliphatic hydroxyl groups is 1. The largest absolute Gasteiger partial charge is 0.391 e. The van der Waals surface area contributed by atoms with Crippen LogP contribution in [-0.2, 0) is 64.0 Å². The summed E-state index contributed by atoms with van der Waals surface area (Å²) in [7, 11) is 2.01. The number of aromatic amines is 2. The van der Waals surface area contributed by atoms with Gasteiger partial charge in [0.2, 0.25) is 47.3 Å². The molecule has 0 bridgehead atoms. The number of hydrogen-bond donors (Lipinski definition) is 14. The van der Waals surface area contributed by atoms with Gasteiger partial charge in [-0.1, -0.05) is 113 Å². The SMILES string of the molecule is C[C@@H](O)[C@H](NC(=O)[C@@H]1CSSC[C@@H](NC(=O)[C@H](N)Cc2ccccc2)C(=O)N[C@@H](Cc2cnc[nH]2)C(=O)N[C@@H](Cc2ccc3ccccc3c2)C(=O)N[C@@H](CCCN=C(N)N)C(=O)N[C@H](Cc2c[nH]c3ccccc23)C(=O)N1)C(N)=O. The molecular weight excluding hydrogens is 1080 g/mol. The molecule has 9 atom stereocenters. The fourth-order valence-corrected chi connectivity index (χ4v) is 11.3. The molecule has 7 rings (SSSR count). The van der Waals surface area contributed by atoms with E-state index in [1.54, 1.807) is 42.6 Å². The van der Waals surface area contributed by atoms with Gasteiger partial charge in [0.05, 0.1) is 18.5 Å². The minimum atomic E-state index is -1.58. The third-order valence-electron chi connectivity index (χ3n) is 13.3. The number of rotatable bonds is 18. The molecule has 0 radical (unpaired) electrons. The average molecular weight is 1150 g/mol. The maximum atomic E-state index is 15.0. The van der Waals surface area contributed by atoms with Crippen LogP contribution in [0.15, 0.2) is 121 Å². The van der Waals surface area contributed by atoms with Gasteiger partial charge in [-0.05, 0) is 59.7 Å². The molecule has 3 heterocycles. The number of nitrogens with two attached hydrogens (primary N) is 4. The van der Waals surface area contributed by atoms with E-state index in [1.807, 2.05) is 60.7 Å². The van der Waals surface area contributed by atoms with Crippen LogP contribution >= 0.6 is 21.6 Å². The van der Waals surface area contributed by atoms with Crippen molar-refractivity contribution in [3.63, 3.8) is 0 Å². The molecule has 8 amide bonds. The summed E-state index contributed by atoms with van der Waals surface area (Å²) in [6.45, 7) is 1.28. The molecule has 18 N–H and O–H groups in total. The predicted molar refractivity (Wildman–Crippen MR) is 309 cm³/mol. The number of aliphatic hydroxyl groups excluding tert-OH is 1. The Morgan fingerprint density at radius 1 is 0.716 bits per heavy atom. The van der Waals surface area contributed by atoms with Gasteiger partial charge in [-0.3, -0.25) is 43.3 Å². The van der Waals surface area contributed by atoms with E-state index < -0.39 is 102 Å². The summed E-state index contributed by atoms with van der Waals surface area (Å²) in [5.74, 6) is -7.52. The normalized spacial score (nSPS) is 21.0. The molecule has 6 aromatic rings. The summed E-state index contributed by atoms with van der Waals surface area (Å²) in [5.41, 5.74) is 26.4. The van der Waals surface area contributed by atoms with E-state index >= 15 is 0 Å². The number of fused-ring (bicyclic) bond motifs is 2. The van der Waals surface area contributed by atoms with Gasteiger partial charge in [-0.2, -0.15) is 0 Å². The van der Waals surface area contributed by atoms with Crippen LogP contribution in [0.4, 0.5) is 0 Å². The maximum absolute atomic E-state index is 15.0. The van der Waals surface area contributed by atoms with Crippen molar-refractivity contribution in [2.24, 2.45) is 27.9 Å². The topological polar surface area (TPSA) is 402 Å². The number of aromatic nitrogens is 3. The van der Waals surface area contributed by atoms with Crippen molar-refractivity contribution < 1.29 is 43.5 Å². The first-order valence-corrected chi connectivity index (χ1v) is 28.6. The van der Waals surface area contributed by atoms with Crippen LogP contribution in [0.1, 0.15) is 42.1 Å². The van der Waals surface area contributed by atoms with Crippen molar-refractivity contribution in [1.29, 1.82) is 0 Å². The lowest BCUT2D eigenvalue weighted by Gasteiger charge is -2.28. The quantitative estimate of drug-likeness (QED) is 0.0220. The standard InChI is InChI=1S/C55H67N15O9S2/c1-30(71)46(47(57)72)70-54(79)45-28-81-80-27-44(68-48(73)38(56)21-31-10-3-2-4-11-31)53(78)67-43(24-36-26-60-29-63-36)52(77)65-41(22-32-17-18-33-12-5-6-13-34(33)20-32)50(75)64-40(16-9-19-61-55(58)59)49(74)66-42(51(76)69-45)23-35-25-62-39-15-8-7-14-37(35)39/h2-8,10-15,17-18,20,25-26,29-30,38,40-46,62,71H,9,16,19,21-24,27-28,56H2,1H3,(H2,57,72)(H,60,63)(H,64,75)(H,65,77)(H,66,74)(H,67,78)(H,68,73)(H,69,76)(H,70,79)(H4,58,59,61)/t30-,38-,40+,41+,42-,43+,44-,45+,46+/m1/s1. The van der Waals surface area contributed by atoms with Gasteiger partial charge in [0, 0.05) is 66.3 Å². The van der Waals surface area contributed by atoms with Gasteiger partial charge >= 0.3 is 0 Å². The Morgan fingerprint density at radius 2 is 1.35 bits per heavy atom. The van der Waals surface area contributed by atoms with Crippen LogP contribution in [0.2, 0.25) is 0 Å². The smallest absolute Gasteiger partial charge is 0.244 e. The number of aliphatic imine (C=N–C) groups is 1. The van der Waals surface area contributed by atoms with Gasteiger partial charge in [0.25, 0.3) is 0 Å². The third kappa shape index (κ3) is 17.5. The van der Waals surface area contributed by atoms with Crippen LogP contribution in [0, 0.1) is 0 Å². The Bertz CT molecular complexity index is 3190. The number of hydrogen-bond acceptors (Lipinski definition) is 14. The Morgan fingerprint density at radius 3 is 2.05 bits per heavy atom. The molecule has 1 saturated heterocycles. The van der Waals surface area contributed by atoms with Crippen LogP contribution in [0.5, 0.6) is 0 Å². The number of imidazole rings is 1. The zero-order chi connectivity index (χ0) is 58.0. The van der Waals surface area contributed by atoms with E-state index in [2.05, 4.69) is 57.2 Å². The molecule has 24 nitrogen and oxygen atoms in total. The highest BCUT2D eigenvalue weighted by molar-refractivity contribution is 8.76. The number of amides is 8. The lowest BCUT2D eigenvalue weighted by atomic mass is 9.99. The molecule has 1 aliphatic rings. The fraction of sp³-hybridized carbons (Fsp3) is 0.345. The number of carbonyl (C=O) groups excluding carboxylic acids is 8. The van der Waals surface area contributed by atoms with E-state index in [0.717, 1.165) is 48.8 Å². The summed E-state index contributed by atoms with van der Waals surface area (Å²) >= 11 is 0. The number of nitrogens with one attached hydrogen (secondary N) is 9. The molecule has 81 heavy (non-hydrogen) atoms. The molecule has 0 spiro atoms. The number of para-hydroxylation sites is 1. The minimum absolute atomic E-state index is 0.0408. The predicted octanol–water partition coefficient (Wildman–Crippen LogP) is -0.650. The van der Waals surface area contributed by atoms with E-state index in [-0.39, 0.29) is 62.5 Å². The van der Waals surface area contributed by atoms with Gasteiger partial charge < -0.3 is 75.2 Å². The Balaban J connectivity index is 1.30. The molecule has 26 heteroatoms. The highest BCUT2D eigenvalue weighted by Gasteiger charge is 2.36. The van der Waals surface area contributed by atoms with E-state index in [0.29, 0.717) is 16.8 Å². The number of carbonyl (C=O) groups is 8. The van der Waals surface area contributed by atoms with Crippen LogP contribution in [0.3, 0.4) is 0 Å². The fourth-order valence-electron chi connectivity index (χ4n) is 9.02. The zero-order valence-electron chi connectivity index (χ0n) is 44.3. The molecule has 0 unspecified atom stereocenters. The summed E-state index contributed by atoms with van der Waals surface area (Å²) < 4.78 is 0. The number of primary amides is 1. The van der Waals surface area contributed by atoms with Crippen molar-refractivity contribution in [1.82, 2.24) is 52.2 Å². The van der Waals surface area contributed by atoms with Gasteiger partial charge in [-0.25, -0.2) is 4.98 Å². The molecule has 0 saturated carbocycles. The third-order valence-corrected chi connectivity index (χ3v) is 15.8. The molecule has 428 valence electrons. The summed E-state index contributed by atoms with van der Waals surface area (Å²) in [4.78, 5) is 129. The highest BCUT2D eigenvalue weighted by Crippen LogP contribution is 2.25. The van der Waals surface area contributed by atoms with Crippen molar-refractivity contribution in [3.05, 3.63) is 138 Å². The van der Waals surface area contributed by atoms with Crippen molar-refractivity contribution >= 4 is 96.5 Å². The number of H-pyrrole nitrogens is 2. The van der Waals surface area contributed by atoms with Crippen LogP contribution in [0.25, 0.3) is 21.7 Å². The summed E-state index contributed by atoms with van der Waals surface area (Å²) in [6, 6.07) is 18.1. The Hall–Kier alpha value is -8.46. The number of benzene rings is 4. The first kappa shape index (κ1) is 60.2. The first-order chi connectivity index (χ1) is 38.9. The Kier molecular flexibility index (Phi) is 21.6. The van der Waals surface area contributed by atoms with E-state index in [4.69, 9.17) is 22.9 Å². The molecule has 1 fully saturated rings. The van der Waals surface area contributed by atoms with Crippen LogP contribution in [-0.4, -0.2) is 146 Å². The molecule has 1 aliphatic heterocycles. The van der Waals surface area contributed by atoms with Crippen molar-refractivity contribution in [3.8, 4) is 0 Å². The van der Waals surface area contributed by atoms with Crippen molar-refractivity contribution in [2.45, 2.75) is 99.9 Å². The van der Waals surface area contributed by atoms with Crippen LogP contribution < -0.4 is 60.2 Å². The second-order valence-electron chi connectivity index (χ2n) is 19.5. The zero-order valence-corrected chi connectivity index (χ0v) is 45.9. The lowest BCUT2D eigenvalue weighted by Crippen LogP contribution is -2.61. The highest BCUT2D eigenvalue weighted by atomic mass is 33.1. The lowest BCUT2D eigenvalue weighted by molar-refractivity contribution is -0.135. The molecule has 4 aromatic carbocycles. The Labute approximate surface area is 474 Å².